The Hall–Kier alpha value is -1.34. The molecule has 0 aliphatic heterocycles. The third-order valence-corrected chi connectivity index (χ3v) is 6.53. The van der Waals surface area contributed by atoms with E-state index in [0.29, 0.717) is 24.8 Å². The van der Waals surface area contributed by atoms with Gasteiger partial charge in [-0.25, -0.2) is 4.98 Å². The maximum Gasteiger partial charge on any atom is 0.263 e. The molecule has 2 aromatic heterocycles. The monoisotopic (exact) mass is 365 g/mol. The number of aromatic nitrogens is 2. The smallest absolute Gasteiger partial charge is 0.263 e. The molecule has 3 rings (SSSR count). The Kier molecular flexibility index (Phi) is 5.30. The molecule has 0 bridgehead atoms. The summed E-state index contributed by atoms with van der Waals surface area (Å²) in [5.74, 6) is 1.36. The number of aryl methyl sites for hydroxylation is 1. The topological polar surface area (TPSA) is 64.0 Å². The molecule has 2 aromatic rings. The zero-order chi connectivity index (χ0) is 17.3. The summed E-state index contributed by atoms with van der Waals surface area (Å²) in [5.41, 5.74) is 1.33. The number of carbonyl (C=O) groups is 1. The largest absolute Gasteiger partial charge is 0.356 e. The van der Waals surface area contributed by atoms with Crippen LogP contribution in [0.5, 0.6) is 0 Å². The second kappa shape index (κ2) is 7.27. The molecule has 0 radical (unpaired) electrons. The molecule has 0 unspecified atom stereocenters. The minimum Gasteiger partial charge on any atom is -0.356 e. The van der Waals surface area contributed by atoms with Crippen molar-refractivity contribution < 1.29 is 4.79 Å². The molecule has 0 saturated heterocycles. The standard InChI is InChI=1S/C17H23N3O2S2/c1-4-20-16(22)14-12-6-5-10(2)9-13(12)24-15(14)19-17(20)23-8-7-18-11(3)21/h10H,4-9H2,1-3H3,(H,18,21)/t10-/m1/s1. The predicted molar refractivity (Wildman–Crippen MR) is 100 cm³/mol. The van der Waals surface area contributed by atoms with Crippen LogP contribution in [-0.4, -0.2) is 27.8 Å². The van der Waals surface area contributed by atoms with Crippen LogP contribution in [0.25, 0.3) is 10.2 Å². The van der Waals surface area contributed by atoms with Gasteiger partial charge in [0.2, 0.25) is 5.91 Å². The van der Waals surface area contributed by atoms with Crippen LogP contribution < -0.4 is 10.9 Å². The molecule has 130 valence electrons. The first-order chi connectivity index (χ1) is 11.5. The second-order valence-corrected chi connectivity index (χ2v) is 8.45. The molecule has 1 aliphatic rings. The van der Waals surface area contributed by atoms with Crippen molar-refractivity contribution >= 4 is 39.2 Å². The lowest BCUT2D eigenvalue weighted by molar-refractivity contribution is -0.118. The Balaban J connectivity index is 1.96. The number of thiophene rings is 1. The molecule has 5 nitrogen and oxygen atoms in total. The van der Waals surface area contributed by atoms with Gasteiger partial charge in [0.15, 0.2) is 5.16 Å². The highest BCUT2D eigenvalue weighted by Crippen LogP contribution is 2.36. The number of rotatable bonds is 5. The zero-order valence-electron chi connectivity index (χ0n) is 14.3. The number of amides is 1. The van der Waals surface area contributed by atoms with Gasteiger partial charge in [-0.1, -0.05) is 18.7 Å². The third kappa shape index (κ3) is 3.37. The van der Waals surface area contributed by atoms with E-state index >= 15 is 0 Å². The fraction of sp³-hybridized carbons (Fsp3) is 0.588. The van der Waals surface area contributed by atoms with Crippen LogP contribution in [0.15, 0.2) is 9.95 Å². The quantitative estimate of drug-likeness (QED) is 0.503. The van der Waals surface area contributed by atoms with E-state index in [4.69, 9.17) is 4.98 Å². The normalized spacial score (nSPS) is 17.0. The average Bonchev–Trinajstić information content (AvgIpc) is 2.88. The summed E-state index contributed by atoms with van der Waals surface area (Å²) in [5, 5.41) is 4.38. The van der Waals surface area contributed by atoms with E-state index in [2.05, 4.69) is 12.2 Å². The number of hydrogen-bond donors (Lipinski definition) is 1. The van der Waals surface area contributed by atoms with Gasteiger partial charge < -0.3 is 5.32 Å². The summed E-state index contributed by atoms with van der Waals surface area (Å²) in [4.78, 5) is 30.9. The van der Waals surface area contributed by atoms with Gasteiger partial charge in [0.05, 0.1) is 5.39 Å². The molecule has 24 heavy (non-hydrogen) atoms. The number of nitrogens with one attached hydrogen (secondary N) is 1. The Morgan fingerprint density at radius 1 is 1.50 bits per heavy atom. The van der Waals surface area contributed by atoms with E-state index in [1.54, 1.807) is 15.9 Å². The van der Waals surface area contributed by atoms with E-state index in [-0.39, 0.29) is 11.5 Å². The van der Waals surface area contributed by atoms with Crippen molar-refractivity contribution in [1.29, 1.82) is 0 Å². The van der Waals surface area contributed by atoms with Crippen molar-refractivity contribution in [2.45, 2.75) is 51.7 Å². The van der Waals surface area contributed by atoms with Gasteiger partial charge in [0.1, 0.15) is 4.83 Å². The van der Waals surface area contributed by atoms with E-state index in [0.717, 1.165) is 34.6 Å². The Morgan fingerprint density at radius 3 is 3.00 bits per heavy atom. The van der Waals surface area contributed by atoms with Crippen LogP contribution in [0.4, 0.5) is 0 Å². The van der Waals surface area contributed by atoms with Crippen molar-refractivity contribution in [3.05, 3.63) is 20.8 Å². The lowest BCUT2D eigenvalue weighted by Crippen LogP contribution is -2.25. The van der Waals surface area contributed by atoms with E-state index in [9.17, 15) is 9.59 Å². The van der Waals surface area contributed by atoms with Gasteiger partial charge in [0.25, 0.3) is 5.56 Å². The molecular formula is C17H23N3O2S2. The highest BCUT2D eigenvalue weighted by molar-refractivity contribution is 7.99. The number of thioether (sulfide) groups is 1. The maximum atomic E-state index is 13.0. The highest BCUT2D eigenvalue weighted by Gasteiger charge is 2.24. The van der Waals surface area contributed by atoms with Gasteiger partial charge in [-0.2, -0.15) is 0 Å². The Morgan fingerprint density at radius 2 is 2.29 bits per heavy atom. The molecule has 1 atom stereocenters. The molecule has 0 spiro atoms. The molecule has 1 aliphatic carbocycles. The molecule has 0 fully saturated rings. The van der Waals surface area contributed by atoms with Gasteiger partial charge >= 0.3 is 0 Å². The van der Waals surface area contributed by atoms with Crippen LogP contribution in [0, 0.1) is 5.92 Å². The van der Waals surface area contributed by atoms with Gasteiger partial charge in [-0.3, -0.25) is 14.2 Å². The molecule has 7 heteroatoms. The second-order valence-electron chi connectivity index (χ2n) is 6.31. The first-order valence-electron chi connectivity index (χ1n) is 8.43. The van der Waals surface area contributed by atoms with Crippen LogP contribution >= 0.6 is 23.1 Å². The van der Waals surface area contributed by atoms with Crippen LogP contribution in [0.3, 0.4) is 0 Å². The van der Waals surface area contributed by atoms with Crippen molar-refractivity contribution in [3.63, 3.8) is 0 Å². The number of hydrogen-bond acceptors (Lipinski definition) is 5. The molecule has 1 amide bonds. The van der Waals surface area contributed by atoms with Crippen molar-refractivity contribution in [2.75, 3.05) is 12.3 Å². The van der Waals surface area contributed by atoms with Crippen molar-refractivity contribution in [2.24, 2.45) is 5.92 Å². The summed E-state index contributed by atoms with van der Waals surface area (Å²) < 4.78 is 1.77. The van der Waals surface area contributed by atoms with Crippen LogP contribution in [-0.2, 0) is 24.2 Å². The number of fused-ring (bicyclic) bond motifs is 3. The summed E-state index contributed by atoms with van der Waals surface area (Å²) in [6, 6.07) is 0. The lowest BCUT2D eigenvalue weighted by Gasteiger charge is -2.17. The van der Waals surface area contributed by atoms with E-state index < -0.39 is 0 Å². The molecule has 1 N–H and O–H groups in total. The van der Waals surface area contributed by atoms with Crippen LogP contribution in [0.2, 0.25) is 0 Å². The minimum atomic E-state index is -0.0352. The molecule has 0 aromatic carbocycles. The summed E-state index contributed by atoms with van der Waals surface area (Å²) in [6.45, 7) is 6.96. The predicted octanol–water partition coefficient (Wildman–Crippen LogP) is 2.83. The SMILES string of the molecule is CCn1c(SCCNC(C)=O)nc2sc3c(c2c1=O)CC[C@@H](C)C3. The van der Waals surface area contributed by atoms with Crippen molar-refractivity contribution in [3.8, 4) is 0 Å². The van der Waals surface area contributed by atoms with Crippen molar-refractivity contribution in [1.82, 2.24) is 14.9 Å². The van der Waals surface area contributed by atoms with Gasteiger partial charge in [0, 0.05) is 30.6 Å². The lowest BCUT2D eigenvalue weighted by atomic mass is 9.89. The van der Waals surface area contributed by atoms with Crippen LogP contribution in [0.1, 0.15) is 37.6 Å². The summed E-state index contributed by atoms with van der Waals surface area (Å²) in [6.07, 6.45) is 3.21. The number of carbonyl (C=O) groups excluding carboxylic acids is 1. The first-order valence-corrected chi connectivity index (χ1v) is 10.2. The van der Waals surface area contributed by atoms with E-state index in [1.807, 2.05) is 6.92 Å². The maximum absolute atomic E-state index is 13.0. The summed E-state index contributed by atoms with van der Waals surface area (Å²) in [7, 11) is 0. The third-order valence-electron chi connectivity index (χ3n) is 4.40. The molecule has 2 heterocycles. The fourth-order valence-corrected chi connectivity index (χ4v) is 5.50. The molecular weight excluding hydrogens is 342 g/mol. The summed E-state index contributed by atoms with van der Waals surface area (Å²) >= 11 is 3.22. The minimum absolute atomic E-state index is 0.0352. The zero-order valence-corrected chi connectivity index (χ0v) is 16.0. The Labute approximate surface area is 149 Å². The molecule has 0 saturated carbocycles. The van der Waals surface area contributed by atoms with E-state index in [1.165, 1.54) is 29.1 Å². The fourth-order valence-electron chi connectivity index (χ4n) is 3.16. The Bertz CT molecular complexity index is 825. The van der Waals surface area contributed by atoms with Gasteiger partial charge in [-0.05, 0) is 37.7 Å². The first kappa shape index (κ1) is 17.5. The van der Waals surface area contributed by atoms with Gasteiger partial charge in [-0.15, -0.1) is 11.3 Å². The number of nitrogens with zero attached hydrogens (tertiary/aromatic N) is 2. The highest BCUT2D eigenvalue weighted by atomic mass is 32.2. The average molecular weight is 366 g/mol.